The van der Waals surface area contributed by atoms with Gasteiger partial charge in [-0.3, -0.25) is 10.1 Å². The summed E-state index contributed by atoms with van der Waals surface area (Å²) < 4.78 is 10.4. The predicted octanol–water partition coefficient (Wildman–Crippen LogP) is -0.587. The zero-order chi connectivity index (χ0) is 14.0. The largest absolute Gasteiger partial charge is 0.462 e. The number of non-ortho nitro benzene ring substituents is 1. The van der Waals surface area contributed by atoms with Gasteiger partial charge in [-0.15, -0.1) is 0 Å². The molecule has 1 aromatic carbocycles. The first-order valence-corrected chi connectivity index (χ1v) is 5.56. The highest BCUT2D eigenvalue weighted by atomic mass is 16.7. The van der Waals surface area contributed by atoms with Crippen LogP contribution in [-0.4, -0.2) is 51.5 Å². The summed E-state index contributed by atoms with van der Waals surface area (Å²) in [5, 5.41) is 38.5. The van der Waals surface area contributed by atoms with Crippen molar-refractivity contribution in [2.24, 2.45) is 0 Å². The summed E-state index contributed by atoms with van der Waals surface area (Å²) >= 11 is 0. The molecular formula is C11H13NO7. The Labute approximate surface area is 108 Å². The highest BCUT2D eigenvalue weighted by Gasteiger charge is 2.43. The first kappa shape index (κ1) is 13.7. The molecule has 1 saturated heterocycles. The van der Waals surface area contributed by atoms with E-state index in [0.29, 0.717) is 0 Å². The lowest BCUT2D eigenvalue weighted by molar-refractivity contribution is -0.384. The molecule has 0 spiro atoms. The van der Waals surface area contributed by atoms with E-state index < -0.39 is 36.1 Å². The number of aliphatic hydroxyl groups excluding tert-OH is 3. The van der Waals surface area contributed by atoms with Gasteiger partial charge in [-0.2, -0.15) is 0 Å². The van der Waals surface area contributed by atoms with Crippen LogP contribution in [0.2, 0.25) is 0 Å². The van der Waals surface area contributed by atoms with Crippen LogP contribution in [0.1, 0.15) is 0 Å². The Morgan fingerprint density at radius 3 is 2.37 bits per heavy atom. The van der Waals surface area contributed by atoms with Gasteiger partial charge in [0.1, 0.15) is 24.1 Å². The number of hydrogen-bond donors (Lipinski definition) is 3. The van der Waals surface area contributed by atoms with Gasteiger partial charge in [0.05, 0.1) is 11.5 Å². The third-order valence-electron chi connectivity index (χ3n) is 2.80. The third-order valence-corrected chi connectivity index (χ3v) is 2.80. The van der Waals surface area contributed by atoms with Crippen molar-refractivity contribution >= 4 is 5.69 Å². The number of nitro groups is 1. The van der Waals surface area contributed by atoms with Gasteiger partial charge in [0, 0.05) is 12.1 Å². The Kier molecular flexibility index (Phi) is 3.96. The second-order valence-electron chi connectivity index (χ2n) is 4.08. The SMILES string of the molecule is O=[N+]([O-])c1ccc(O[C@H]2O[C@@H](CO)[C@H](O)[C@H]2O)cc1. The van der Waals surface area contributed by atoms with E-state index in [4.69, 9.17) is 14.6 Å². The van der Waals surface area contributed by atoms with Crippen LogP contribution in [0.3, 0.4) is 0 Å². The molecule has 1 aliphatic heterocycles. The lowest BCUT2D eigenvalue weighted by Crippen LogP contribution is -2.35. The van der Waals surface area contributed by atoms with Crippen molar-refractivity contribution in [2.45, 2.75) is 24.6 Å². The molecule has 4 atom stereocenters. The third kappa shape index (κ3) is 2.82. The monoisotopic (exact) mass is 271 g/mol. The van der Waals surface area contributed by atoms with E-state index in [1.807, 2.05) is 0 Å². The van der Waals surface area contributed by atoms with Crippen molar-refractivity contribution in [2.75, 3.05) is 6.61 Å². The summed E-state index contributed by atoms with van der Waals surface area (Å²) in [6, 6.07) is 5.20. The average Bonchev–Trinajstić information content (AvgIpc) is 2.67. The van der Waals surface area contributed by atoms with Crippen LogP contribution in [0.4, 0.5) is 5.69 Å². The quantitative estimate of drug-likeness (QED) is 0.494. The fourth-order valence-electron chi connectivity index (χ4n) is 1.74. The van der Waals surface area contributed by atoms with Crippen LogP contribution in [0.15, 0.2) is 24.3 Å². The number of benzene rings is 1. The number of rotatable bonds is 4. The van der Waals surface area contributed by atoms with E-state index in [2.05, 4.69) is 0 Å². The Balaban J connectivity index is 2.03. The Bertz CT molecular complexity index is 449. The molecule has 1 fully saturated rings. The fourth-order valence-corrected chi connectivity index (χ4v) is 1.74. The van der Waals surface area contributed by atoms with Gasteiger partial charge < -0.3 is 24.8 Å². The second kappa shape index (κ2) is 5.49. The summed E-state index contributed by atoms with van der Waals surface area (Å²) in [5.74, 6) is 0.250. The average molecular weight is 271 g/mol. The summed E-state index contributed by atoms with van der Waals surface area (Å²) in [7, 11) is 0. The molecule has 3 N–H and O–H groups in total. The Morgan fingerprint density at radius 1 is 1.26 bits per heavy atom. The van der Waals surface area contributed by atoms with E-state index >= 15 is 0 Å². The molecule has 0 radical (unpaired) electrons. The van der Waals surface area contributed by atoms with Crippen LogP contribution >= 0.6 is 0 Å². The minimum atomic E-state index is -1.30. The number of aliphatic hydroxyl groups is 3. The standard InChI is InChI=1S/C11H13NO7/c13-5-8-9(14)10(15)11(19-8)18-7-3-1-6(2-4-7)12(16)17/h1-4,8-11,13-15H,5H2/t8-,9-,10+,11-/m0/s1. The van der Waals surface area contributed by atoms with Gasteiger partial charge in [0.25, 0.3) is 5.69 Å². The van der Waals surface area contributed by atoms with Crippen LogP contribution in [0, 0.1) is 10.1 Å². The summed E-state index contributed by atoms with van der Waals surface area (Å²) in [5.41, 5.74) is -0.0893. The van der Waals surface area contributed by atoms with Crippen molar-refractivity contribution < 1.29 is 29.7 Å². The fraction of sp³-hybridized carbons (Fsp3) is 0.455. The highest BCUT2D eigenvalue weighted by Crippen LogP contribution is 2.25. The molecule has 19 heavy (non-hydrogen) atoms. The molecular weight excluding hydrogens is 258 g/mol. The normalized spacial score (nSPS) is 30.3. The molecule has 8 nitrogen and oxygen atoms in total. The molecule has 2 rings (SSSR count). The first-order valence-electron chi connectivity index (χ1n) is 5.56. The minimum Gasteiger partial charge on any atom is -0.462 e. The Morgan fingerprint density at radius 2 is 1.89 bits per heavy atom. The van der Waals surface area contributed by atoms with Gasteiger partial charge in [0.2, 0.25) is 6.29 Å². The van der Waals surface area contributed by atoms with Gasteiger partial charge in [-0.25, -0.2) is 0 Å². The van der Waals surface area contributed by atoms with Gasteiger partial charge in [-0.05, 0) is 12.1 Å². The van der Waals surface area contributed by atoms with Gasteiger partial charge in [-0.1, -0.05) is 0 Å². The molecule has 8 heteroatoms. The number of hydrogen-bond acceptors (Lipinski definition) is 7. The topological polar surface area (TPSA) is 122 Å². The van der Waals surface area contributed by atoms with Crippen molar-refractivity contribution in [3.8, 4) is 5.75 Å². The highest BCUT2D eigenvalue weighted by molar-refractivity contribution is 5.36. The van der Waals surface area contributed by atoms with Crippen molar-refractivity contribution in [3.05, 3.63) is 34.4 Å². The van der Waals surface area contributed by atoms with Crippen molar-refractivity contribution in [1.29, 1.82) is 0 Å². The van der Waals surface area contributed by atoms with Crippen molar-refractivity contribution in [3.63, 3.8) is 0 Å². The molecule has 0 saturated carbocycles. The minimum absolute atomic E-state index is 0.0893. The van der Waals surface area contributed by atoms with E-state index in [-0.39, 0.29) is 11.4 Å². The van der Waals surface area contributed by atoms with Gasteiger partial charge in [0.15, 0.2) is 0 Å². The predicted molar refractivity (Wildman–Crippen MR) is 61.5 cm³/mol. The summed E-state index contributed by atoms with van der Waals surface area (Å²) in [6.07, 6.45) is -4.59. The lowest BCUT2D eigenvalue weighted by atomic mass is 10.1. The van der Waals surface area contributed by atoms with Crippen LogP contribution in [0.25, 0.3) is 0 Å². The van der Waals surface area contributed by atoms with E-state index in [9.17, 15) is 20.3 Å². The molecule has 104 valence electrons. The number of ether oxygens (including phenoxy) is 2. The molecule has 1 heterocycles. The summed E-state index contributed by atoms with van der Waals surface area (Å²) in [6.45, 7) is -0.446. The van der Waals surface area contributed by atoms with E-state index in [0.717, 1.165) is 0 Å². The van der Waals surface area contributed by atoms with E-state index in [1.165, 1.54) is 24.3 Å². The maximum absolute atomic E-state index is 10.5. The Hall–Kier alpha value is -1.74. The first-order chi connectivity index (χ1) is 9.02. The van der Waals surface area contributed by atoms with E-state index in [1.54, 1.807) is 0 Å². The van der Waals surface area contributed by atoms with Crippen LogP contribution in [-0.2, 0) is 4.74 Å². The number of nitro benzene ring substituents is 1. The van der Waals surface area contributed by atoms with Crippen LogP contribution < -0.4 is 4.74 Å². The van der Waals surface area contributed by atoms with Gasteiger partial charge >= 0.3 is 0 Å². The smallest absolute Gasteiger partial charge is 0.269 e. The maximum atomic E-state index is 10.5. The molecule has 0 aromatic heterocycles. The molecule has 1 aliphatic rings. The maximum Gasteiger partial charge on any atom is 0.269 e. The molecule has 0 unspecified atom stereocenters. The van der Waals surface area contributed by atoms with Crippen LogP contribution in [0.5, 0.6) is 5.75 Å². The molecule has 0 amide bonds. The molecule has 1 aromatic rings. The number of nitrogens with zero attached hydrogens (tertiary/aromatic N) is 1. The lowest BCUT2D eigenvalue weighted by Gasteiger charge is -2.16. The van der Waals surface area contributed by atoms with Crippen molar-refractivity contribution in [1.82, 2.24) is 0 Å². The zero-order valence-electron chi connectivity index (χ0n) is 9.75. The summed E-state index contributed by atoms with van der Waals surface area (Å²) in [4.78, 5) is 9.93. The second-order valence-corrected chi connectivity index (χ2v) is 4.08. The molecule has 0 bridgehead atoms. The molecule has 0 aliphatic carbocycles. The zero-order valence-corrected chi connectivity index (χ0v) is 9.75.